The molecule has 24 heavy (non-hydrogen) atoms. The molecule has 0 aliphatic rings. The summed E-state index contributed by atoms with van der Waals surface area (Å²) in [6.45, 7) is 1.11. The number of benzene rings is 1. The van der Waals surface area contributed by atoms with E-state index in [0.29, 0.717) is 41.1 Å². The summed E-state index contributed by atoms with van der Waals surface area (Å²) in [5, 5.41) is 5.10. The molecule has 0 aliphatic carbocycles. The van der Waals surface area contributed by atoms with Crippen LogP contribution < -0.4 is 19.5 Å². The summed E-state index contributed by atoms with van der Waals surface area (Å²) in [4.78, 5) is 16.2. The molecule has 0 fully saturated rings. The van der Waals surface area contributed by atoms with Gasteiger partial charge < -0.3 is 24.3 Å². The third kappa shape index (κ3) is 4.59. The Hall–Kier alpha value is -2.32. The van der Waals surface area contributed by atoms with Crippen LogP contribution in [0.4, 0.5) is 0 Å². The van der Waals surface area contributed by atoms with E-state index in [2.05, 4.69) is 10.3 Å². The minimum Gasteiger partial charge on any atom is -0.493 e. The number of para-hydroxylation sites is 1. The standard InChI is InChI=1S/C16H20N2O5S/c1-20-8-7-17-16(19)11-10-24-14(18-11)9-23-15-12(21-2)5-4-6-13(15)22-3/h4-6,10H,7-9H2,1-3H3,(H,17,19). The Bertz CT molecular complexity index is 652. The third-order valence-corrected chi connectivity index (χ3v) is 3.92. The second-order valence-corrected chi connectivity index (χ2v) is 5.60. The van der Waals surface area contributed by atoms with Crippen LogP contribution >= 0.6 is 11.3 Å². The zero-order valence-corrected chi connectivity index (χ0v) is 14.6. The summed E-state index contributed by atoms with van der Waals surface area (Å²) in [5.41, 5.74) is 0.363. The topological polar surface area (TPSA) is 78.9 Å². The van der Waals surface area contributed by atoms with E-state index in [4.69, 9.17) is 18.9 Å². The molecule has 0 bridgehead atoms. The maximum Gasteiger partial charge on any atom is 0.270 e. The maximum absolute atomic E-state index is 11.9. The average Bonchev–Trinajstić information content (AvgIpc) is 3.08. The molecule has 1 amide bonds. The summed E-state index contributed by atoms with van der Waals surface area (Å²) in [7, 11) is 4.71. The summed E-state index contributed by atoms with van der Waals surface area (Å²) >= 11 is 1.35. The smallest absolute Gasteiger partial charge is 0.270 e. The van der Waals surface area contributed by atoms with Crippen LogP contribution in [0.1, 0.15) is 15.5 Å². The molecule has 1 N–H and O–H groups in total. The van der Waals surface area contributed by atoms with Gasteiger partial charge >= 0.3 is 0 Å². The predicted molar refractivity (Wildman–Crippen MR) is 90.2 cm³/mol. The number of amides is 1. The highest BCUT2D eigenvalue weighted by Gasteiger charge is 2.14. The molecule has 0 saturated heterocycles. The highest BCUT2D eigenvalue weighted by atomic mass is 32.1. The van der Waals surface area contributed by atoms with E-state index in [-0.39, 0.29) is 12.5 Å². The van der Waals surface area contributed by atoms with Crippen molar-refractivity contribution < 1.29 is 23.7 Å². The lowest BCUT2D eigenvalue weighted by atomic mass is 10.3. The number of hydrogen-bond donors (Lipinski definition) is 1. The molecule has 1 heterocycles. The highest BCUT2D eigenvalue weighted by molar-refractivity contribution is 7.09. The lowest BCUT2D eigenvalue weighted by molar-refractivity contribution is 0.0932. The van der Waals surface area contributed by atoms with E-state index in [1.54, 1.807) is 38.8 Å². The quantitative estimate of drug-likeness (QED) is 0.697. The monoisotopic (exact) mass is 352 g/mol. The van der Waals surface area contributed by atoms with Crippen LogP contribution in [0.25, 0.3) is 0 Å². The molecule has 130 valence electrons. The fraction of sp³-hybridized carbons (Fsp3) is 0.375. The Labute approximate surface area is 144 Å². The van der Waals surface area contributed by atoms with E-state index >= 15 is 0 Å². The van der Waals surface area contributed by atoms with E-state index in [0.717, 1.165) is 0 Å². The van der Waals surface area contributed by atoms with Gasteiger partial charge in [0.15, 0.2) is 11.5 Å². The molecule has 1 aromatic heterocycles. The molecule has 7 nitrogen and oxygen atoms in total. The van der Waals surface area contributed by atoms with Crippen molar-refractivity contribution >= 4 is 17.2 Å². The normalized spacial score (nSPS) is 10.3. The molecule has 8 heteroatoms. The summed E-state index contributed by atoms with van der Waals surface area (Å²) in [6, 6.07) is 5.39. The van der Waals surface area contributed by atoms with Gasteiger partial charge in [-0.2, -0.15) is 0 Å². The first-order valence-electron chi connectivity index (χ1n) is 7.25. The average molecular weight is 352 g/mol. The molecule has 0 saturated carbocycles. The van der Waals surface area contributed by atoms with Gasteiger partial charge in [0.1, 0.15) is 17.3 Å². The number of carbonyl (C=O) groups is 1. The van der Waals surface area contributed by atoms with Crippen molar-refractivity contribution in [1.82, 2.24) is 10.3 Å². The lowest BCUT2D eigenvalue weighted by Crippen LogP contribution is -2.27. The Morgan fingerprint density at radius 1 is 1.21 bits per heavy atom. The maximum atomic E-state index is 11.9. The van der Waals surface area contributed by atoms with Gasteiger partial charge in [0.2, 0.25) is 5.75 Å². The highest BCUT2D eigenvalue weighted by Crippen LogP contribution is 2.37. The van der Waals surface area contributed by atoms with Gasteiger partial charge in [-0.05, 0) is 12.1 Å². The minimum absolute atomic E-state index is 0.215. The van der Waals surface area contributed by atoms with Crippen molar-refractivity contribution in [3.8, 4) is 17.2 Å². The second kappa shape index (κ2) is 9.09. The van der Waals surface area contributed by atoms with Gasteiger partial charge in [-0.25, -0.2) is 4.98 Å². The van der Waals surface area contributed by atoms with Crippen LogP contribution in [0, 0.1) is 0 Å². The van der Waals surface area contributed by atoms with Crippen LogP contribution in [0.5, 0.6) is 17.2 Å². The molecule has 0 atom stereocenters. The van der Waals surface area contributed by atoms with Crippen LogP contribution in [-0.2, 0) is 11.3 Å². The first-order chi connectivity index (χ1) is 11.7. The predicted octanol–water partition coefficient (Wildman–Crippen LogP) is 2.12. The zero-order valence-electron chi connectivity index (χ0n) is 13.8. The van der Waals surface area contributed by atoms with Gasteiger partial charge in [0, 0.05) is 19.0 Å². The van der Waals surface area contributed by atoms with E-state index in [1.165, 1.54) is 11.3 Å². The summed E-state index contributed by atoms with van der Waals surface area (Å²) < 4.78 is 21.2. The summed E-state index contributed by atoms with van der Waals surface area (Å²) in [6.07, 6.45) is 0. The van der Waals surface area contributed by atoms with Crippen molar-refractivity contribution in [2.75, 3.05) is 34.5 Å². The van der Waals surface area contributed by atoms with Crippen LogP contribution in [0.2, 0.25) is 0 Å². The molecular formula is C16H20N2O5S. The molecular weight excluding hydrogens is 332 g/mol. The molecule has 2 rings (SSSR count). The SMILES string of the molecule is COCCNC(=O)c1csc(COc2c(OC)cccc2OC)n1. The molecule has 2 aromatic rings. The van der Waals surface area contributed by atoms with E-state index in [9.17, 15) is 4.79 Å². The van der Waals surface area contributed by atoms with E-state index < -0.39 is 0 Å². The first-order valence-corrected chi connectivity index (χ1v) is 8.13. The number of nitrogens with one attached hydrogen (secondary N) is 1. The number of rotatable bonds is 9. The van der Waals surface area contributed by atoms with Gasteiger partial charge in [-0.15, -0.1) is 11.3 Å². The Balaban J connectivity index is 2.00. The van der Waals surface area contributed by atoms with Gasteiger partial charge in [0.25, 0.3) is 5.91 Å². The molecule has 0 aliphatic heterocycles. The number of methoxy groups -OCH3 is 3. The third-order valence-electron chi connectivity index (χ3n) is 3.10. The van der Waals surface area contributed by atoms with Gasteiger partial charge in [-0.1, -0.05) is 6.07 Å². The number of nitrogens with zero attached hydrogens (tertiary/aromatic N) is 1. The van der Waals surface area contributed by atoms with Gasteiger partial charge in [0.05, 0.1) is 20.8 Å². The molecule has 0 unspecified atom stereocenters. The Morgan fingerprint density at radius 3 is 2.54 bits per heavy atom. The van der Waals surface area contributed by atoms with Crippen LogP contribution in [0.3, 0.4) is 0 Å². The van der Waals surface area contributed by atoms with Crippen molar-refractivity contribution in [3.05, 3.63) is 34.3 Å². The van der Waals surface area contributed by atoms with Crippen molar-refractivity contribution in [3.63, 3.8) is 0 Å². The van der Waals surface area contributed by atoms with Crippen LogP contribution in [0.15, 0.2) is 23.6 Å². The fourth-order valence-corrected chi connectivity index (χ4v) is 2.62. The van der Waals surface area contributed by atoms with Crippen LogP contribution in [-0.4, -0.2) is 45.4 Å². The molecule has 0 radical (unpaired) electrons. The number of ether oxygens (including phenoxy) is 4. The zero-order chi connectivity index (χ0) is 17.4. The number of thiazole rings is 1. The Kier molecular flexibility index (Phi) is 6.83. The van der Waals surface area contributed by atoms with Crippen molar-refractivity contribution in [1.29, 1.82) is 0 Å². The first kappa shape index (κ1) is 18.0. The largest absolute Gasteiger partial charge is 0.493 e. The lowest BCUT2D eigenvalue weighted by Gasteiger charge is -2.13. The molecule has 1 aromatic carbocycles. The molecule has 0 spiro atoms. The van der Waals surface area contributed by atoms with Crippen molar-refractivity contribution in [2.24, 2.45) is 0 Å². The summed E-state index contributed by atoms with van der Waals surface area (Å²) in [5.74, 6) is 1.42. The number of carbonyl (C=O) groups excluding carboxylic acids is 1. The second-order valence-electron chi connectivity index (χ2n) is 4.66. The fourth-order valence-electron chi connectivity index (χ4n) is 1.93. The van der Waals surface area contributed by atoms with E-state index in [1.807, 2.05) is 6.07 Å². The Morgan fingerprint density at radius 2 is 1.92 bits per heavy atom. The van der Waals surface area contributed by atoms with Crippen molar-refractivity contribution in [2.45, 2.75) is 6.61 Å². The number of aromatic nitrogens is 1. The number of hydrogen-bond acceptors (Lipinski definition) is 7. The minimum atomic E-state index is -0.232. The van der Waals surface area contributed by atoms with Gasteiger partial charge in [-0.3, -0.25) is 4.79 Å².